The molecule has 4 rings (SSSR count). The first kappa shape index (κ1) is 18.1. The molecule has 146 valence electrons. The third kappa shape index (κ3) is 3.12. The van der Waals surface area contributed by atoms with E-state index in [1.54, 1.807) is 9.80 Å². The lowest BCUT2D eigenvalue weighted by Gasteiger charge is -2.35. The van der Waals surface area contributed by atoms with Crippen LogP contribution in [0.4, 0.5) is 17.1 Å². The maximum atomic E-state index is 12.4. The molecule has 0 aliphatic carbocycles. The number of anilines is 3. The average Bonchev–Trinajstić information content (AvgIpc) is 2.92. The minimum absolute atomic E-state index is 0.250. The molecule has 3 heterocycles. The molecule has 3 aliphatic rings. The first-order chi connectivity index (χ1) is 13.0. The Morgan fingerprint density at radius 2 is 1.89 bits per heavy atom. The number of hydrogen-bond acceptors (Lipinski definition) is 7. The predicted octanol–water partition coefficient (Wildman–Crippen LogP) is 0.212. The molecule has 3 aliphatic heterocycles. The Bertz CT molecular complexity index is 747. The third-order valence-electron chi connectivity index (χ3n) is 6.03. The lowest BCUT2D eigenvalue weighted by atomic mass is 10.0. The van der Waals surface area contributed by atoms with Crippen LogP contribution in [-0.4, -0.2) is 62.5 Å². The molecule has 8 nitrogen and oxygen atoms in total. The zero-order chi connectivity index (χ0) is 19.1. The molecule has 3 N–H and O–H groups in total. The van der Waals surface area contributed by atoms with Crippen molar-refractivity contribution in [3.63, 3.8) is 0 Å². The third-order valence-corrected chi connectivity index (χ3v) is 6.03. The summed E-state index contributed by atoms with van der Waals surface area (Å²) < 4.78 is 0. The van der Waals surface area contributed by atoms with Gasteiger partial charge in [-0.2, -0.15) is 0 Å². The largest absolute Gasteiger partial charge is 0.371 e. The standard InChI is InChI=1S/C19H27N5O3/c1-20-12-7-9-23(10-8-12)13-3-4-14-16(11-13)24(19(27)22(14)2)15-5-6-17(25)21-18(15)26/h3-4,11-12,15,19-20,27H,5-10H2,1-2H3,(H,21,25,26). The van der Waals surface area contributed by atoms with Crippen molar-refractivity contribution in [1.29, 1.82) is 0 Å². The van der Waals surface area contributed by atoms with E-state index in [9.17, 15) is 14.7 Å². The Kier molecular flexibility index (Phi) is 4.69. The highest BCUT2D eigenvalue weighted by Crippen LogP contribution is 2.42. The Labute approximate surface area is 159 Å². The summed E-state index contributed by atoms with van der Waals surface area (Å²) in [5.74, 6) is -0.591. The van der Waals surface area contributed by atoms with Gasteiger partial charge >= 0.3 is 0 Å². The van der Waals surface area contributed by atoms with Crippen LogP contribution in [0.1, 0.15) is 25.7 Å². The molecule has 1 aromatic carbocycles. The topological polar surface area (TPSA) is 88.2 Å². The van der Waals surface area contributed by atoms with Gasteiger partial charge in [0, 0.05) is 38.3 Å². The number of nitrogens with one attached hydrogen (secondary N) is 2. The summed E-state index contributed by atoms with van der Waals surface area (Å²) in [5, 5.41) is 16.5. The normalized spacial score (nSPS) is 26.4. The maximum absolute atomic E-state index is 12.4. The molecule has 0 spiro atoms. The molecule has 2 amide bonds. The summed E-state index contributed by atoms with van der Waals surface area (Å²) in [5.41, 5.74) is 2.83. The molecule has 1 aromatic rings. The van der Waals surface area contributed by atoms with Gasteiger partial charge in [0.2, 0.25) is 18.2 Å². The number of fused-ring (bicyclic) bond motifs is 1. The smallest absolute Gasteiger partial charge is 0.249 e. The molecule has 27 heavy (non-hydrogen) atoms. The van der Waals surface area contributed by atoms with E-state index in [1.165, 1.54) is 0 Å². The van der Waals surface area contributed by atoms with E-state index in [1.807, 2.05) is 20.2 Å². The SMILES string of the molecule is CNC1CCN(c2ccc3c(c2)N(C2CCC(=O)NC2=O)C(O)N3C)CC1. The fourth-order valence-electron chi connectivity index (χ4n) is 4.35. The van der Waals surface area contributed by atoms with Crippen molar-refractivity contribution in [3.8, 4) is 0 Å². The highest BCUT2D eigenvalue weighted by atomic mass is 16.3. The summed E-state index contributed by atoms with van der Waals surface area (Å²) in [7, 11) is 3.82. The zero-order valence-corrected chi connectivity index (χ0v) is 15.8. The number of aliphatic hydroxyl groups excluding tert-OH is 1. The molecule has 2 fully saturated rings. The molecule has 2 saturated heterocycles. The number of aliphatic hydroxyl groups is 1. The lowest BCUT2D eigenvalue weighted by Crippen LogP contribution is -2.56. The van der Waals surface area contributed by atoms with Gasteiger partial charge < -0.3 is 25.1 Å². The second kappa shape index (κ2) is 7.01. The number of amides is 2. The fraction of sp³-hybridized carbons (Fsp3) is 0.579. The van der Waals surface area contributed by atoms with Gasteiger partial charge in [-0.15, -0.1) is 0 Å². The van der Waals surface area contributed by atoms with Crippen LogP contribution in [0.5, 0.6) is 0 Å². The summed E-state index contributed by atoms with van der Waals surface area (Å²) in [6, 6.07) is 6.15. The Balaban J connectivity index is 1.62. The van der Waals surface area contributed by atoms with Crippen molar-refractivity contribution in [2.75, 3.05) is 41.9 Å². The number of carbonyl (C=O) groups is 2. The first-order valence-electron chi connectivity index (χ1n) is 9.59. The van der Waals surface area contributed by atoms with E-state index < -0.39 is 12.4 Å². The molecule has 2 atom stereocenters. The van der Waals surface area contributed by atoms with Crippen LogP contribution < -0.4 is 25.3 Å². The van der Waals surface area contributed by atoms with Gasteiger partial charge in [0.1, 0.15) is 6.04 Å². The number of hydrogen-bond donors (Lipinski definition) is 3. The molecule has 0 radical (unpaired) electrons. The lowest BCUT2D eigenvalue weighted by molar-refractivity contribution is -0.134. The summed E-state index contributed by atoms with van der Waals surface area (Å²) in [6.07, 6.45) is 1.96. The molecule has 0 bridgehead atoms. The van der Waals surface area contributed by atoms with Crippen LogP contribution in [-0.2, 0) is 9.59 Å². The second-order valence-corrected chi connectivity index (χ2v) is 7.55. The van der Waals surface area contributed by atoms with Gasteiger partial charge in [-0.25, -0.2) is 0 Å². The quantitative estimate of drug-likeness (QED) is 0.653. The highest BCUT2D eigenvalue weighted by molar-refractivity contribution is 6.02. The van der Waals surface area contributed by atoms with E-state index in [-0.39, 0.29) is 18.2 Å². The summed E-state index contributed by atoms with van der Waals surface area (Å²) in [4.78, 5) is 29.7. The fourth-order valence-corrected chi connectivity index (χ4v) is 4.35. The molecular weight excluding hydrogens is 346 g/mol. The summed E-state index contributed by atoms with van der Waals surface area (Å²) >= 11 is 0. The van der Waals surface area contributed by atoms with Gasteiger partial charge in [0.15, 0.2) is 0 Å². The number of carbonyl (C=O) groups excluding carboxylic acids is 2. The predicted molar refractivity (Wildman–Crippen MR) is 104 cm³/mol. The molecular formula is C19H27N5O3. The van der Waals surface area contributed by atoms with Crippen LogP contribution in [0.15, 0.2) is 18.2 Å². The number of imide groups is 1. The van der Waals surface area contributed by atoms with E-state index >= 15 is 0 Å². The monoisotopic (exact) mass is 373 g/mol. The van der Waals surface area contributed by atoms with Gasteiger partial charge in [-0.1, -0.05) is 0 Å². The van der Waals surface area contributed by atoms with Gasteiger partial charge in [-0.05, 0) is 44.5 Å². The maximum Gasteiger partial charge on any atom is 0.249 e. The van der Waals surface area contributed by atoms with Gasteiger partial charge in [-0.3, -0.25) is 14.9 Å². The van der Waals surface area contributed by atoms with Crippen LogP contribution >= 0.6 is 0 Å². The number of rotatable bonds is 3. The molecule has 0 aromatic heterocycles. The Hall–Kier alpha value is -2.32. The van der Waals surface area contributed by atoms with Crippen molar-refractivity contribution in [2.45, 2.75) is 44.1 Å². The van der Waals surface area contributed by atoms with Gasteiger partial charge in [0.25, 0.3) is 0 Å². The summed E-state index contributed by atoms with van der Waals surface area (Å²) in [6.45, 7) is 1.95. The van der Waals surface area contributed by atoms with Crippen LogP contribution in [0, 0.1) is 0 Å². The van der Waals surface area contributed by atoms with Gasteiger partial charge in [0.05, 0.1) is 11.4 Å². The van der Waals surface area contributed by atoms with Crippen molar-refractivity contribution in [3.05, 3.63) is 18.2 Å². The van der Waals surface area contributed by atoms with Crippen molar-refractivity contribution in [2.24, 2.45) is 0 Å². The number of nitrogens with zero attached hydrogens (tertiary/aromatic N) is 3. The Morgan fingerprint density at radius 3 is 2.56 bits per heavy atom. The molecule has 0 saturated carbocycles. The number of piperidine rings is 2. The van der Waals surface area contributed by atoms with Crippen LogP contribution in [0.2, 0.25) is 0 Å². The first-order valence-corrected chi connectivity index (χ1v) is 9.59. The van der Waals surface area contributed by atoms with Crippen LogP contribution in [0.25, 0.3) is 0 Å². The van der Waals surface area contributed by atoms with Crippen molar-refractivity contribution < 1.29 is 14.7 Å². The van der Waals surface area contributed by atoms with E-state index in [0.29, 0.717) is 12.5 Å². The minimum atomic E-state index is -0.922. The average molecular weight is 373 g/mol. The van der Waals surface area contributed by atoms with Crippen molar-refractivity contribution in [1.82, 2.24) is 10.6 Å². The Morgan fingerprint density at radius 1 is 1.15 bits per heavy atom. The van der Waals surface area contributed by atoms with E-state index in [4.69, 9.17) is 0 Å². The van der Waals surface area contributed by atoms with E-state index in [0.717, 1.165) is 43.0 Å². The minimum Gasteiger partial charge on any atom is -0.371 e. The highest BCUT2D eigenvalue weighted by Gasteiger charge is 2.42. The van der Waals surface area contributed by atoms with Crippen LogP contribution in [0.3, 0.4) is 0 Å². The molecule has 8 heteroatoms. The van der Waals surface area contributed by atoms with Crippen molar-refractivity contribution >= 4 is 28.9 Å². The zero-order valence-electron chi connectivity index (χ0n) is 15.8. The molecule has 2 unspecified atom stereocenters. The second-order valence-electron chi connectivity index (χ2n) is 7.55. The number of benzene rings is 1. The van der Waals surface area contributed by atoms with E-state index in [2.05, 4.69) is 27.7 Å².